The smallest absolute Gasteiger partial charge is 0.229 e. The minimum absolute atomic E-state index is 0.140. The topological polar surface area (TPSA) is 117 Å². The van der Waals surface area contributed by atoms with Gasteiger partial charge in [-0.05, 0) is 49.2 Å². The van der Waals surface area contributed by atoms with Gasteiger partial charge in [-0.2, -0.15) is 0 Å². The number of rotatable bonds is 18. The summed E-state index contributed by atoms with van der Waals surface area (Å²) in [5.41, 5.74) is 1.92. The van der Waals surface area contributed by atoms with E-state index in [-0.39, 0.29) is 58.5 Å². The van der Waals surface area contributed by atoms with Gasteiger partial charge in [0.1, 0.15) is 0 Å². The highest BCUT2D eigenvalue weighted by atomic mass is 16.2. The van der Waals surface area contributed by atoms with Crippen molar-refractivity contribution in [1.82, 2.24) is 0 Å². The number of ketones is 2. The molecular weight excluding hydrogens is 528 g/mol. The Labute approximate surface area is 249 Å². The lowest BCUT2D eigenvalue weighted by Crippen LogP contribution is -2.22. The monoisotopic (exact) mass is 572 g/mol. The first-order valence-corrected chi connectivity index (χ1v) is 15.4. The summed E-state index contributed by atoms with van der Waals surface area (Å²) >= 11 is 0. The molecule has 2 aromatic carbocycles. The lowest BCUT2D eigenvalue weighted by Gasteiger charge is -2.19. The van der Waals surface area contributed by atoms with E-state index < -0.39 is 0 Å². The molecule has 2 aromatic rings. The number of unbranched alkanes of at least 4 members (excludes halogenated alkanes) is 8. The molecule has 1 aliphatic carbocycles. The van der Waals surface area contributed by atoms with Crippen LogP contribution in [0.5, 0.6) is 0 Å². The molecular formula is C34H44N4O4. The maximum atomic E-state index is 13.3. The molecule has 42 heavy (non-hydrogen) atoms. The number of hydrogen-bond acceptors (Lipinski definition) is 6. The Bertz CT molecular complexity index is 1200. The van der Waals surface area contributed by atoms with Crippen LogP contribution in [0.2, 0.25) is 0 Å². The van der Waals surface area contributed by atoms with E-state index in [4.69, 9.17) is 0 Å². The van der Waals surface area contributed by atoms with Crippen molar-refractivity contribution < 1.29 is 19.2 Å². The zero-order valence-electron chi connectivity index (χ0n) is 25.0. The Kier molecular flexibility index (Phi) is 13.8. The average molecular weight is 573 g/mol. The molecule has 0 aliphatic heterocycles. The third-order valence-corrected chi connectivity index (χ3v) is 7.18. The summed E-state index contributed by atoms with van der Waals surface area (Å²) < 4.78 is 0. The van der Waals surface area contributed by atoms with Crippen LogP contribution in [0.25, 0.3) is 0 Å². The predicted octanol–water partition coefficient (Wildman–Crippen LogP) is 7.20. The first kappa shape index (κ1) is 32.6. The van der Waals surface area contributed by atoms with Crippen LogP contribution in [0.15, 0.2) is 46.4 Å². The quantitative estimate of drug-likeness (QED) is 0.124. The number of nitrogens with one attached hydrogen (secondary N) is 2. The minimum Gasteiger partial charge on any atom is -0.326 e. The molecule has 0 aromatic heterocycles. The van der Waals surface area contributed by atoms with Crippen molar-refractivity contribution in [2.75, 3.05) is 23.7 Å². The number of carbonyl (C=O) groups is 4. The number of anilines is 2. The third-order valence-electron chi connectivity index (χ3n) is 7.18. The van der Waals surface area contributed by atoms with Crippen LogP contribution in [0.1, 0.15) is 123 Å². The standard InChI is InChI=1S/C34H44N4O4/c1-3-5-7-9-11-19-35-21-17-31(39)37-25-13-15-27-29(23-25)33(41)28-16-14-26(24-30(28)34(27)42)38-32(40)18-22-36-20-12-10-8-6-4-2/h13-16,21-24H,3-12,17-20H2,1-2H3,(H,37,39)(H,38,40). The Morgan fingerprint density at radius 3 is 1.40 bits per heavy atom. The molecule has 0 spiro atoms. The van der Waals surface area contributed by atoms with Gasteiger partial charge in [-0.25, -0.2) is 0 Å². The second kappa shape index (κ2) is 17.8. The van der Waals surface area contributed by atoms with Gasteiger partial charge in [0.2, 0.25) is 11.8 Å². The second-order valence-corrected chi connectivity index (χ2v) is 10.7. The van der Waals surface area contributed by atoms with Crippen LogP contribution in [0, 0.1) is 0 Å². The van der Waals surface area contributed by atoms with Gasteiger partial charge in [0.05, 0.1) is 12.8 Å². The van der Waals surface area contributed by atoms with Crippen LogP contribution in [0.3, 0.4) is 0 Å². The van der Waals surface area contributed by atoms with Gasteiger partial charge >= 0.3 is 0 Å². The number of benzene rings is 2. The third kappa shape index (κ3) is 10.2. The fourth-order valence-corrected chi connectivity index (χ4v) is 4.82. The van der Waals surface area contributed by atoms with E-state index in [1.54, 1.807) is 48.8 Å². The van der Waals surface area contributed by atoms with Gasteiger partial charge < -0.3 is 10.6 Å². The van der Waals surface area contributed by atoms with Gasteiger partial charge in [0, 0.05) is 59.1 Å². The van der Waals surface area contributed by atoms with E-state index in [0.29, 0.717) is 24.5 Å². The van der Waals surface area contributed by atoms with Crippen LogP contribution in [0.4, 0.5) is 11.4 Å². The molecule has 8 nitrogen and oxygen atoms in total. The number of fused-ring (bicyclic) bond motifs is 2. The molecule has 0 saturated carbocycles. The van der Waals surface area contributed by atoms with E-state index >= 15 is 0 Å². The van der Waals surface area contributed by atoms with E-state index in [2.05, 4.69) is 34.5 Å². The highest BCUT2D eigenvalue weighted by Gasteiger charge is 2.30. The number of carbonyl (C=O) groups excluding carboxylic acids is 4. The van der Waals surface area contributed by atoms with Crippen LogP contribution >= 0.6 is 0 Å². The van der Waals surface area contributed by atoms with Crippen molar-refractivity contribution in [2.24, 2.45) is 9.98 Å². The lowest BCUT2D eigenvalue weighted by atomic mass is 9.83. The SMILES string of the molecule is CCCCCCCN=CCC(=O)Nc1ccc2c(c1)C(=O)c1ccc(NC(=O)CC=NCCCCCCC)cc1C2=O. The molecule has 3 rings (SSSR count). The zero-order valence-corrected chi connectivity index (χ0v) is 25.0. The summed E-state index contributed by atoms with van der Waals surface area (Å²) in [6, 6.07) is 9.43. The Morgan fingerprint density at radius 1 is 0.595 bits per heavy atom. The summed E-state index contributed by atoms with van der Waals surface area (Å²) in [6.07, 6.45) is 15.2. The van der Waals surface area contributed by atoms with E-state index in [1.807, 2.05) is 0 Å². The molecule has 0 bridgehead atoms. The maximum Gasteiger partial charge on any atom is 0.229 e. The highest BCUT2D eigenvalue weighted by Crippen LogP contribution is 2.31. The van der Waals surface area contributed by atoms with Crippen molar-refractivity contribution in [3.63, 3.8) is 0 Å². The van der Waals surface area contributed by atoms with Crippen molar-refractivity contribution in [1.29, 1.82) is 0 Å². The fraction of sp³-hybridized carbons (Fsp3) is 0.471. The molecule has 0 heterocycles. The summed E-state index contributed by atoms with van der Waals surface area (Å²) in [7, 11) is 0. The number of aliphatic imine (C=N–C) groups is 2. The first-order chi connectivity index (χ1) is 20.4. The van der Waals surface area contributed by atoms with Crippen molar-refractivity contribution >= 4 is 47.2 Å². The first-order valence-electron chi connectivity index (χ1n) is 15.4. The molecule has 0 fully saturated rings. The number of nitrogens with zero attached hydrogens (tertiary/aromatic N) is 2. The molecule has 0 unspecified atom stereocenters. The molecule has 0 radical (unpaired) electrons. The molecule has 1 aliphatic rings. The van der Waals surface area contributed by atoms with Gasteiger partial charge in [-0.1, -0.05) is 65.2 Å². The Hall–Kier alpha value is -3.94. The highest BCUT2D eigenvalue weighted by molar-refractivity contribution is 6.29. The zero-order chi connectivity index (χ0) is 30.2. The number of hydrogen-bond donors (Lipinski definition) is 2. The lowest BCUT2D eigenvalue weighted by molar-refractivity contribution is -0.115. The van der Waals surface area contributed by atoms with Crippen molar-refractivity contribution in [2.45, 2.75) is 90.9 Å². The molecule has 0 saturated heterocycles. The molecule has 8 heteroatoms. The van der Waals surface area contributed by atoms with E-state index in [1.165, 1.54) is 38.5 Å². The van der Waals surface area contributed by atoms with Gasteiger partial charge in [-0.15, -0.1) is 0 Å². The van der Waals surface area contributed by atoms with Crippen LogP contribution in [-0.4, -0.2) is 48.9 Å². The van der Waals surface area contributed by atoms with Gasteiger partial charge in [0.15, 0.2) is 11.6 Å². The largest absolute Gasteiger partial charge is 0.326 e. The molecule has 2 amide bonds. The molecule has 224 valence electrons. The fourth-order valence-electron chi connectivity index (χ4n) is 4.82. The Morgan fingerprint density at radius 2 is 1.00 bits per heavy atom. The van der Waals surface area contributed by atoms with Crippen molar-refractivity contribution in [3.8, 4) is 0 Å². The van der Waals surface area contributed by atoms with Gasteiger partial charge in [-0.3, -0.25) is 29.2 Å². The van der Waals surface area contributed by atoms with Gasteiger partial charge in [0.25, 0.3) is 0 Å². The Balaban J connectivity index is 1.53. The predicted molar refractivity (Wildman–Crippen MR) is 170 cm³/mol. The van der Waals surface area contributed by atoms with E-state index in [9.17, 15) is 19.2 Å². The van der Waals surface area contributed by atoms with Crippen LogP contribution in [-0.2, 0) is 9.59 Å². The van der Waals surface area contributed by atoms with Crippen molar-refractivity contribution in [3.05, 3.63) is 58.7 Å². The summed E-state index contributed by atoms with van der Waals surface area (Å²) in [6.45, 7) is 5.79. The number of amides is 2. The summed E-state index contributed by atoms with van der Waals surface area (Å²) in [5, 5.41) is 5.57. The summed E-state index contributed by atoms with van der Waals surface area (Å²) in [5.74, 6) is -1.08. The molecule has 0 atom stereocenters. The maximum absolute atomic E-state index is 13.3. The van der Waals surface area contributed by atoms with Crippen LogP contribution < -0.4 is 10.6 Å². The summed E-state index contributed by atoms with van der Waals surface area (Å²) in [4.78, 5) is 59.9. The van der Waals surface area contributed by atoms with E-state index in [0.717, 1.165) is 25.7 Å². The normalized spacial score (nSPS) is 12.5. The second-order valence-electron chi connectivity index (χ2n) is 10.7. The average Bonchev–Trinajstić information content (AvgIpc) is 2.98. The minimum atomic E-state index is -0.302. The molecule has 2 N–H and O–H groups in total.